The van der Waals surface area contributed by atoms with E-state index in [0.29, 0.717) is 18.0 Å². The van der Waals surface area contributed by atoms with Crippen molar-refractivity contribution in [1.29, 1.82) is 0 Å². The number of aliphatic hydroxyl groups excluding tert-OH is 1. The van der Waals surface area contributed by atoms with Crippen LogP contribution in [0.4, 0.5) is 4.79 Å². The molecule has 2 aromatic rings. The molecule has 2 heterocycles. The number of pyridine rings is 1. The lowest BCUT2D eigenvalue weighted by Gasteiger charge is -2.28. The van der Waals surface area contributed by atoms with Gasteiger partial charge in [-0.25, -0.2) is 9.78 Å². The zero-order chi connectivity index (χ0) is 21.3. The fourth-order valence-electron chi connectivity index (χ4n) is 3.53. The molecule has 7 heteroatoms. The van der Waals surface area contributed by atoms with E-state index in [1.165, 1.54) is 0 Å². The number of carbonyl (C=O) groups is 1. The van der Waals surface area contributed by atoms with Gasteiger partial charge in [-0.05, 0) is 57.0 Å². The fraction of sp³-hybridized carbons (Fsp3) is 0.478. The Balaban J connectivity index is 1.67. The molecular formula is C23H31N3O4. The Labute approximate surface area is 178 Å². The normalized spacial score (nSPS) is 16.3. The molecule has 1 fully saturated rings. The molecule has 7 nitrogen and oxygen atoms in total. The molecule has 0 bridgehead atoms. The van der Waals surface area contributed by atoms with E-state index < -0.39 is 18.2 Å². The summed E-state index contributed by atoms with van der Waals surface area (Å²) in [6.07, 6.45) is 2.39. The first-order valence-corrected chi connectivity index (χ1v) is 10.5. The maximum Gasteiger partial charge on any atom is 0.407 e. The lowest BCUT2D eigenvalue weighted by molar-refractivity contribution is 0.0879. The minimum atomic E-state index is -0.910. The van der Waals surface area contributed by atoms with Gasteiger partial charge in [0.25, 0.3) is 0 Å². The molecule has 0 spiro atoms. The Kier molecular flexibility index (Phi) is 8.04. The predicted octanol–water partition coefficient (Wildman–Crippen LogP) is 3.29. The number of benzene rings is 1. The molecule has 0 radical (unpaired) electrons. The summed E-state index contributed by atoms with van der Waals surface area (Å²) < 4.78 is 11.0. The summed E-state index contributed by atoms with van der Waals surface area (Å²) in [6.45, 7) is 6.49. The van der Waals surface area contributed by atoms with Crippen molar-refractivity contribution >= 4 is 6.09 Å². The zero-order valence-corrected chi connectivity index (χ0v) is 17.7. The molecule has 1 aromatic carbocycles. The van der Waals surface area contributed by atoms with Gasteiger partial charge in [0.05, 0.1) is 12.1 Å². The summed E-state index contributed by atoms with van der Waals surface area (Å²) in [5.74, 6) is 0.452. The first-order valence-electron chi connectivity index (χ1n) is 10.5. The fourth-order valence-corrected chi connectivity index (χ4v) is 3.53. The van der Waals surface area contributed by atoms with E-state index >= 15 is 0 Å². The second-order valence-electron chi connectivity index (χ2n) is 7.86. The minimum absolute atomic E-state index is 0.0172. The number of aliphatic hydroxyl groups is 1. The van der Waals surface area contributed by atoms with Gasteiger partial charge in [-0.1, -0.05) is 30.3 Å². The highest BCUT2D eigenvalue weighted by Crippen LogP contribution is 2.22. The summed E-state index contributed by atoms with van der Waals surface area (Å²) in [5, 5.41) is 13.9. The van der Waals surface area contributed by atoms with Gasteiger partial charge in [-0.3, -0.25) is 0 Å². The Morgan fingerprint density at radius 3 is 2.63 bits per heavy atom. The van der Waals surface area contributed by atoms with Crippen LogP contribution in [0, 0.1) is 0 Å². The molecule has 1 saturated heterocycles. The number of hydrogen-bond acceptors (Lipinski definition) is 6. The number of likely N-dealkylation sites (tertiary alicyclic amines) is 1. The van der Waals surface area contributed by atoms with Crippen LogP contribution in [-0.2, 0) is 11.3 Å². The maximum atomic E-state index is 12.4. The van der Waals surface area contributed by atoms with Crippen molar-refractivity contribution in [3.63, 3.8) is 0 Å². The van der Waals surface area contributed by atoms with Crippen LogP contribution in [-0.4, -0.2) is 52.9 Å². The van der Waals surface area contributed by atoms with Gasteiger partial charge >= 0.3 is 6.09 Å². The summed E-state index contributed by atoms with van der Waals surface area (Å²) in [6, 6.07) is 12.5. The van der Waals surface area contributed by atoms with Crippen molar-refractivity contribution in [2.45, 2.75) is 51.5 Å². The van der Waals surface area contributed by atoms with Crippen LogP contribution >= 0.6 is 0 Å². The molecule has 1 aliphatic rings. The van der Waals surface area contributed by atoms with Crippen LogP contribution in [0.15, 0.2) is 48.7 Å². The molecule has 2 atom stereocenters. The number of ether oxygens (including phenoxy) is 2. The smallest absolute Gasteiger partial charge is 0.407 e. The molecule has 30 heavy (non-hydrogen) atoms. The summed E-state index contributed by atoms with van der Waals surface area (Å²) >= 11 is 0. The number of amides is 1. The van der Waals surface area contributed by atoms with E-state index in [0.717, 1.165) is 31.5 Å². The van der Waals surface area contributed by atoms with Crippen LogP contribution in [0.5, 0.6) is 5.88 Å². The average molecular weight is 414 g/mol. The van der Waals surface area contributed by atoms with Crippen LogP contribution in [0.2, 0.25) is 0 Å². The third-order valence-corrected chi connectivity index (χ3v) is 5.01. The molecule has 162 valence electrons. The standard InChI is InChI=1S/C23H31N3O4/c1-17(2)30-21-14-19(10-11-24-21)22(27)20(15-26-12-6-7-13-26)25-23(28)29-16-18-8-4-3-5-9-18/h3-5,8-11,14,17,20,22,27H,6-7,12-13,15-16H2,1-2H3,(H,25,28)/t20-,22?/m1/s1. The highest BCUT2D eigenvalue weighted by Gasteiger charge is 2.27. The SMILES string of the molecule is CC(C)Oc1cc(C(O)[C@@H](CN2CCCC2)NC(=O)OCc2ccccc2)ccn1. The molecule has 1 aromatic heterocycles. The molecule has 0 saturated carbocycles. The van der Waals surface area contributed by atoms with Crippen molar-refractivity contribution in [1.82, 2.24) is 15.2 Å². The van der Waals surface area contributed by atoms with Gasteiger partial charge < -0.3 is 24.8 Å². The summed E-state index contributed by atoms with van der Waals surface area (Å²) in [4.78, 5) is 18.9. The van der Waals surface area contributed by atoms with Gasteiger partial charge in [0, 0.05) is 18.8 Å². The van der Waals surface area contributed by atoms with Crippen molar-refractivity contribution in [3.05, 3.63) is 59.8 Å². The second-order valence-corrected chi connectivity index (χ2v) is 7.86. The molecular weight excluding hydrogens is 382 g/mol. The number of nitrogens with zero attached hydrogens (tertiary/aromatic N) is 2. The number of aromatic nitrogens is 1. The third-order valence-electron chi connectivity index (χ3n) is 5.01. The van der Waals surface area contributed by atoms with Crippen molar-refractivity contribution in [2.75, 3.05) is 19.6 Å². The van der Waals surface area contributed by atoms with E-state index in [2.05, 4.69) is 15.2 Å². The molecule has 2 N–H and O–H groups in total. The van der Waals surface area contributed by atoms with E-state index in [4.69, 9.17) is 9.47 Å². The van der Waals surface area contributed by atoms with Gasteiger partial charge in [-0.15, -0.1) is 0 Å². The average Bonchev–Trinajstić information content (AvgIpc) is 3.25. The van der Waals surface area contributed by atoms with E-state index in [-0.39, 0.29) is 12.7 Å². The number of alkyl carbamates (subject to hydrolysis) is 1. The maximum absolute atomic E-state index is 12.4. The quantitative estimate of drug-likeness (QED) is 0.656. The zero-order valence-electron chi connectivity index (χ0n) is 17.7. The van der Waals surface area contributed by atoms with Crippen LogP contribution in [0.3, 0.4) is 0 Å². The van der Waals surface area contributed by atoms with Crippen LogP contribution in [0.1, 0.15) is 43.9 Å². The third kappa shape index (κ3) is 6.71. The molecule has 1 aliphatic heterocycles. The lowest BCUT2D eigenvalue weighted by Crippen LogP contribution is -2.46. The number of carbonyl (C=O) groups excluding carboxylic acids is 1. The minimum Gasteiger partial charge on any atom is -0.475 e. The van der Waals surface area contributed by atoms with Crippen LogP contribution in [0.25, 0.3) is 0 Å². The Bertz CT molecular complexity index is 794. The van der Waals surface area contributed by atoms with E-state index in [9.17, 15) is 9.90 Å². The van der Waals surface area contributed by atoms with Crippen molar-refractivity contribution in [2.24, 2.45) is 0 Å². The number of nitrogens with one attached hydrogen (secondary N) is 1. The lowest BCUT2D eigenvalue weighted by atomic mass is 10.0. The molecule has 0 aliphatic carbocycles. The monoisotopic (exact) mass is 413 g/mol. The number of hydrogen-bond donors (Lipinski definition) is 2. The largest absolute Gasteiger partial charge is 0.475 e. The van der Waals surface area contributed by atoms with Crippen molar-refractivity contribution < 1.29 is 19.4 Å². The number of rotatable bonds is 9. The van der Waals surface area contributed by atoms with E-state index in [1.807, 2.05) is 44.2 Å². The highest BCUT2D eigenvalue weighted by atomic mass is 16.5. The van der Waals surface area contributed by atoms with Gasteiger partial charge in [0.15, 0.2) is 0 Å². The second kappa shape index (κ2) is 10.9. The predicted molar refractivity (Wildman–Crippen MR) is 114 cm³/mol. The van der Waals surface area contributed by atoms with E-state index in [1.54, 1.807) is 18.3 Å². The first kappa shape index (κ1) is 22.1. The van der Waals surface area contributed by atoms with Gasteiger partial charge in [0.2, 0.25) is 5.88 Å². The summed E-state index contributed by atoms with van der Waals surface area (Å²) in [5.41, 5.74) is 1.56. The highest BCUT2D eigenvalue weighted by molar-refractivity contribution is 5.67. The molecule has 1 unspecified atom stereocenters. The summed E-state index contributed by atoms with van der Waals surface area (Å²) in [7, 11) is 0. The Morgan fingerprint density at radius 1 is 1.20 bits per heavy atom. The van der Waals surface area contributed by atoms with Gasteiger partial charge in [0.1, 0.15) is 12.7 Å². The topological polar surface area (TPSA) is 83.9 Å². The first-order chi connectivity index (χ1) is 14.5. The Morgan fingerprint density at radius 2 is 1.93 bits per heavy atom. The van der Waals surface area contributed by atoms with Crippen molar-refractivity contribution in [3.8, 4) is 5.88 Å². The molecule has 1 amide bonds. The van der Waals surface area contributed by atoms with Crippen LogP contribution < -0.4 is 10.1 Å². The Hall–Kier alpha value is -2.64. The van der Waals surface area contributed by atoms with Gasteiger partial charge in [-0.2, -0.15) is 0 Å². The molecule has 3 rings (SSSR count).